The van der Waals surface area contributed by atoms with Crippen molar-refractivity contribution >= 4 is 0 Å². The van der Waals surface area contributed by atoms with Gasteiger partial charge in [-0.15, -0.1) is 0 Å². The van der Waals surface area contributed by atoms with E-state index in [2.05, 4.69) is 6.92 Å². The van der Waals surface area contributed by atoms with Gasteiger partial charge < -0.3 is 0 Å². The average Bonchev–Trinajstić information content (AvgIpc) is 2.49. The van der Waals surface area contributed by atoms with Gasteiger partial charge in [-0.25, -0.2) is 0 Å². The van der Waals surface area contributed by atoms with E-state index in [1.54, 1.807) is 0 Å². The van der Waals surface area contributed by atoms with Gasteiger partial charge in [0.2, 0.25) is 0 Å². The summed E-state index contributed by atoms with van der Waals surface area (Å²) in [6.07, 6.45) is 23.0. The van der Waals surface area contributed by atoms with Crippen LogP contribution >= 0.6 is 0 Å². The molecule has 0 aliphatic heterocycles. The normalized spacial score (nSPS) is 12.0. The summed E-state index contributed by atoms with van der Waals surface area (Å²) in [4.78, 5) is -0.876. The topological polar surface area (TPSA) is 40.5 Å². The summed E-state index contributed by atoms with van der Waals surface area (Å²) in [5.74, 6) is 0. The molecule has 0 aromatic rings. The largest absolute Gasteiger partial charge is 0.182 e. The van der Waals surface area contributed by atoms with Crippen molar-refractivity contribution in [1.29, 1.82) is 0 Å². The van der Waals surface area contributed by atoms with Crippen LogP contribution in [0.25, 0.3) is 0 Å². The fraction of sp³-hybridized carbons (Fsp3) is 1.00. The van der Waals surface area contributed by atoms with E-state index in [9.17, 15) is 0 Å². The molecule has 0 fully saturated rings. The van der Waals surface area contributed by atoms with Gasteiger partial charge >= 0.3 is 0 Å². The van der Waals surface area contributed by atoms with Crippen molar-refractivity contribution in [3.8, 4) is 0 Å². The predicted octanol–water partition coefficient (Wildman–Crippen LogP) is 6.86. The lowest BCUT2D eigenvalue weighted by Crippen LogP contribution is -2.36. The predicted molar refractivity (Wildman–Crippen MR) is 98.8 cm³/mol. The molecule has 0 amide bonds. The Kier molecular flexibility index (Phi) is 16.6. The standard InChI is InChI=1S/C20H44NO2/c1-3-4-5-6-7-8-9-10-11-12-13-14-15-16-17-18-19-20-21(2,22)23/h22-23H,3-20H2,1-2H3/q+1. The lowest BCUT2D eigenvalue weighted by molar-refractivity contribution is -1.23. The number of rotatable bonds is 18. The van der Waals surface area contributed by atoms with Crippen LogP contribution in [0.1, 0.15) is 116 Å². The highest BCUT2D eigenvalue weighted by atomic mass is 16.8. The molecular weight excluding hydrogens is 286 g/mol. The lowest BCUT2D eigenvalue weighted by atomic mass is 10.0. The van der Waals surface area contributed by atoms with Crippen LogP contribution in [0.15, 0.2) is 0 Å². The van der Waals surface area contributed by atoms with Gasteiger partial charge in [-0.3, -0.25) is 0 Å². The molecule has 0 heterocycles. The van der Waals surface area contributed by atoms with Crippen LogP contribution in [0.2, 0.25) is 0 Å². The van der Waals surface area contributed by atoms with E-state index in [1.807, 2.05) is 0 Å². The van der Waals surface area contributed by atoms with Crippen molar-refractivity contribution in [3.63, 3.8) is 0 Å². The first-order chi connectivity index (χ1) is 11.1. The van der Waals surface area contributed by atoms with Gasteiger partial charge in [0.1, 0.15) is 13.6 Å². The Morgan fingerprint density at radius 1 is 0.478 bits per heavy atom. The molecule has 23 heavy (non-hydrogen) atoms. The van der Waals surface area contributed by atoms with Gasteiger partial charge in [0, 0.05) is 6.42 Å². The van der Waals surface area contributed by atoms with Crippen molar-refractivity contribution in [2.75, 3.05) is 13.6 Å². The highest BCUT2D eigenvalue weighted by Gasteiger charge is 2.12. The van der Waals surface area contributed by atoms with Gasteiger partial charge in [-0.05, 0) is 6.42 Å². The van der Waals surface area contributed by atoms with Crippen molar-refractivity contribution in [2.45, 2.75) is 116 Å². The Bertz CT molecular complexity index is 226. The second-order valence-corrected chi connectivity index (χ2v) is 7.47. The first-order valence-corrected chi connectivity index (χ1v) is 10.4. The maximum Gasteiger partial charge on any atom is 0.141 e. The van der Waals surface area contributed by atoms with E-state index >= 15 is 0 Å². The molecular formula is C20H44NO2+. The summed E-state index contributed by atoms with van der Waals surface area (Å²) in [6, 6.07) is 0. The maximum absolute atomic E-state index is 9.14. The van der Waals surface area contributed by atoms with Crippen LogP contribution < -0.4 is 0 Å². The highest BCUT2D eigenvalue weighted by molar-refractivity contribution is 4.50. The molecule has 0 unspecified atom stereocenters. The third kappa shape index (κ3) is 21.9. The Morgan fingerprint density at radius 2 is 0.739 bits per heavy atom. The van der Waals surface area contributed by atoms with E-state index in [-0.39, 0.29) is 0 Å². The van der Waals surface area contributed by atoms with Crippen LogP contribution in [0.5, 0.6) is 0 Å². The minimum atomic E-state index is -0.876. The van der Waals surface area contributed by atoms with Gasteiger partial charge in [0.05, 0.1) is 0 Å². The Labute approximate surface area is 145 Å². The van der Waals surface area contributed by atoms with Gasteiger partial charge in [0.25, 0.3) is 0 Å². The molecule has 0 aromatic heterocycles. The summed E-state index contributed by atoms with van der Waals surface area (Å²) in [7, 11) is 1.41. The summed E-state index contributed by atoms with van der Waals surface area (Å²) >= 11 is 0. The summed E-state index contributed by atoms with van der Waals surface area (Å²) in [5.41, 5.74) is 0. The van der Waals surface area contributed by atoms with Gasteiger partial charge in [-0.2, -0.15) is 10.4 Å². The van der Waals surface area contributed by atoms with Crippen LogP contribution in [0, 0.1) is 0 Å². The Morgan fingerprint density at radius 3 is 1.00 bits per heavy atom. The van der Waals surface area contributed by atoms with Crippen LogP contribution in [0.4, 0.5) is 0 Å². The smallest absolute Gasteiger partial charge is 0.141 e. The summed E-state index contributed by atoms with van der Waals surface area (Å²) < 4.78 is 0. The first-order valence-electron chi connectivity index (χ1n) is 10.4. The second-order valence-electron chi connectivity index (χ2n) is 7.47. The lowest BCUT2D eigenvalue weighted by Gasteiger charge is -2.14. The SMILES string of the molecule is CCCCCCCCCCCCCCCCCCC[N+](C)(O)O. The Hall–Kier alpha value is -0.120. The molecule has 0 aliphatic carbocycles. The van der Waals surface area contributed by atoms with Crippen molar-refractivity contribution in [2.24, 2.45) is 0 Å². The van der Waals surface area contributed by atoms with E-state index in [0.717, 1.165) is 12.8 Å². The quantitative estimate of drug-likeness (QED) is 0.164. The minimum absolute atomic E-state index is 0.443. The summed E-state index contributed by atoms with van der Waals surface area (Å²) in [6.45, 7) is 2.72. The number of unbranched alkanes of at least 4 members (excludes halogenated alkanes) is 16. The zero-order chi connectivity index (χ0) is 17.2. The third-order valence-electron chi connectivity index (χ3n) is 4.69. The van der Waals surface area contributed by atoms with Crippen molar-refractivity contribution in [1.82, 2.24) is 0 Å². The number of quaternary nitrogens is 1. The Balaban J connectivity index is 3.00. The summed E-state index contributed by atoms with van der Waals surface area (Å²) in [5, 5.41) is 18.3. The molecule has 0 rings (SSSR count). The zero-order valence-corrected chi connectivity index (χ0v) is 16.1. The van der Waals surface area contributed by atoms with E-state index in [4.69, 9.17) is 10.4 Å². The molecule has 0 aliphatic rings. The molecule has 0 radical (unpaired) electrons. The van der Waals surface area contributed by atoms with Crippen LogP contribution in [0.3, 0.4) is 0 Å². The monoisotopic (exact) mass is 330 g/mol. The van der Waals surface area contributed by atoms with E-state index < -0.39 is 4.81 Å². The van der Waals surface area contributed by atoms with Gasteiger partial charge in [0.15, 0.2) is 0 Å². The van der Waals surface area contributed by atoms with Crippen LogP contribution in [-0.2, 0) is 0 Å². The maximum atomic E-state index is 9.14. The zero-order valence-electron chi connectivity index (χ0n) is 16.1. The van der Waals surface area contributed by atoms with Crippen LogP contribution in [-0.4, -0.2) is 28.8 Å². The third-order valence-corrected chi connectivity index (χ3v) is 4.69. The fourth-order valence-corrected chi connectivity index (χ4v) is 3.14. The number of nitrogens with zero attached hydrogens (tertiary/aromatic N) is 1. The van der Waals surface area contributed by atoms with Crippen molar-refractivity contribution in [3.05, 3.63) is 0 Å². The molecule has 3 heteroatoms. The molecule has 140 valence electrons. The number of hydrogen-bond donors (Lipinski definition) is 2. The highest BCUT2D eigenvalue weighted by Crippen LogP contribution is 2.14. The second kappa shape index (κ2) is 16.7. The van der Waals surface area contributed by atoms with E-state index in [1.165, 1.54) is 103 Å². The van der Waals surface area contributed by atoms with Crippen molar-refractivity contribution < 1.29 is 15.2 Å². The molecule has 2 N–H and O–H groups in total. The fourth-order valence-electron chi connectivity index (χ4n) is 3.14. The minimum Gasteiger partial charge on any atom is -0.182 e. The molecule has 0 aromatic carbocycles. The molecule has 0 atom stereocenters. The molecule has 0 bridgehead atoms. The molecule has 0 saturated carbocycles. The average molecular weight is 331 g/mol. The van der Waals surface area contributed by atoms with Gasteiger partial charge in [-0.1, -0.05) is 108 Å². The number of hydrogen-bond acceptors (Lipinski definition) is 2. The van der Waals surface area contributed by atoms with E-state index in [0.29, 0.717) is 6.54 Å². The molecule has 3 nitrogen and oxygen atoms in total. The first kappa shape index (κ1) is 22.9. The molecule has 0 saturated heterocycles. The number of hydroxylamine groups is 4. The molecule has 0 spiro atoms.